The number of amides is 2. The summed E-state index contributed by atoms with van der Waals surface area (Å²) in [5.74, 6) is 2.59. The SMILES string of the molecule is N[O].O=C1C=CC(=O)N1. The van der Waals surface area contributed by atoms with Gasteiger partial charge in [-0.15, -0.1) is 5.21 Å². The van der Waals surface area contributed by atoms with E-state index in [1.54, 1.807) is 0 Å². The lowest BCUT2D eigenvalue weighted by atomic mass is 10.6. The van der Waals surface area contributed by atoms with Crippen molar-refractivity contribution < 1.29 is 14.8 Å². The lowest BCUT2D eigenvalue weighted by Crippen LogP contribution is -2.19. The average molecular weight is 129 g/mol. The maximum atomic E-state index is 10.0. The number of nitrogens with two attached hydrogens (primary N) is 1. The molecule has 5 nitrogen and oxygen atoms in total. The zero-order chi connectivity index (χ0) is 7.28. The van der Waals surface area contributed by atoms with Gasteiger partial charge in [0, 0.05) is 12.2 Å². The topological polar surface area (TPSA) is 92.1 Å². The summed E-state index contributed by atoms with van der Waals surface area (Å²) in [4.78, 5) is 20.1. The minimum absolute atomic E-state index is 0.329. The smallest absolute Gasteiger partial charge is 0.250 e. The maximum Gasteiger partial charge on any atom is 0.250 e. The van der Waals surface area contributed by atoms with Crippen LogP contribution >= 0.6 is 0 Å². The second-order valence-corrected chi connectivity index (χ2v) is 1.19. The number of imide groups is 1. The van der Waals surface area contributed by atoms with Crippen LogP contribution in [0.15, 0.2) is 12.2 Å². The minimum atomic E-state index is -0.329. The van der Waals surface area contributed by atoms with E-state index in [0.717, 1.165) is 0 Å². The highest BCUT2D eigenvalue weighted by molar-refractivity contribution is 6.12. The summed E-state index contributed by atoms with van der Waals surface area (Å²) in [6.45, 7) is 0. The van der Waals surface area contributed by atoms with Gasteiger partial charge in [0.05, 0.1) is 0 Å². The second-order valence-electron chi connectivity index (χ2n) is 1.19. The van der Waals surface area contributed by atoms with Crippen molar-refractivity contribution in [3.8, 4) is 0 Å². The Bertz CT molecular complexity index is 136. The van der Waals surface area contributed by atoms with Crippen molar-refractivity contribution >= 4 is 11.8 Å². The molecule has 0 aromatic heterocycles. The Balaban J connectivity index is 0.000000291. The summed E-state index contributed by atoms with van der Waals surface area (Å²) in [5, 5.41) is 9.78. The van der Waals surface area contributed by atoms with Crippen LogP contribution in [0, 0.1) is 0 Å². The van der Waals surface area contributed by atoms with Gasteiger partial charge in [-0.05, 0) is 0 Å². The van der Waals surface area contributed by atoms with Gasteiger partial charge in [0.25, 0.3) is 11.8 Å². The predicted molar refractivity (Wildman–Crippen MR) is 27.2 cm³/mol. The third-order valence-corrected chi connectivity index (χ3v) is 0.632. The number of nitrogens with one attached hydrogen (secondary N) is 1. The molecule has 3 N–H and O–H groups in total. The van der Waals surface area contributed by atoms with E-state index in [1.807, 2.05) is 5.32 Å². The van der Waals surface area contributed by atoms with Crippen molar-refractivity contribution in [3.63, 3.8) is 0 Å². The molecule has 0 spiro atoms. The van der Waals surface area contributed by atoms with Crippen LogP contribution in [0.5, 0.6) is 0 Å². The summed E-state index contributed by atoms with van der Waals surface area (Å²) >= 11 is 0. The fourth-order valence-electron chi connectivity index (χ4n) is 0.356. The molecule has 1 aliphatic heterocycles. The van der Waals surface area contributed by atoms with Gasteiger partial charge in [-0.1, -0.05) is 0 Å². The number of carbonyl (C=O) groups excluding carboxylic acids is 2. The van der Waals surface area contributed by atoms with Crippen LogP contribution in [0.4, 0.5) is 0 Å². The molecule has 1 aliphatic rings. The summed E-state index contributed by atoms with van der Waals surface area (Å²) < 4.78 is 0. The summed E-state index contributed by atoms with van der Waals surface area (Å²) in [6, 6.07) is 0. The first-order valence-electron chi connectivity index (χ1n) is 2.05. The highest BCUT2D eigenvalue weighted by Gasteiger charge is 2.06. The zero-order valence-corrected chi connectivity index (χ0v) is 4.46. The monoisotopic (exact) mass is 129 g/mol. The molecule has 0 aromatic carbocycles. The van der Waals surface area contributed by atoms with E-state index in [-0.39, 0.29) is 11.8 Å². The van der Waals surface area contributed by atoms with Crippen LogP contribution < -0.4 is 11.2 Å². The van der Waals surface area contributed by atoms with Crippen molar-refractivity contribution in [3.05, 3.63) is 12.2 Å². The van der Waals surface area contributed by atoms with Crippen molar-refractivity contribution in [1.82, 2.24) is 5.32 Å². The molecule has 49 valence electrons. The number of rotatable bonds is 0. The van der Waals surface area contributed by atoms with E-state index < -0.39 is 0 Å². The summed E-state index contributed by atoms with van der Waals surface area (Å²) in [6.07, 6.45) is 2.39. The Morgan fingerprint density at radius 3 is 1.56 bits per heavy atom. The van der Waals surface area contributed by atoms with Gasteiger partial charge in [0.15, 0.2) is 0 Å². The first kappa shape index (κ1) is 7.80. The van der Waals surface area contributed by atoms with E-state index in [2.05, 4.69) is 5.90 Å². The van der Waals surface area contributed by atoms with E-state index in [1.165, 1.54) is 12.2 Å². The van der Waals surface area contributed by atoms with Crippen molar-refractivity contribution in [1.29, 1.82) is 0 Å². The van der Waals surface area contributed by atoms with Gasteiger partial charge in [0.2, 0.25) is 0 Å². The Morgan fingerprint density at radius 2 is 1.44 bits per heavy atom. The standard InChI is InChI=1S/C4H3NO2.H2NO/c6-3-1-2-4(7)5-3;1-2/h1-2H,(H,5,6,7);1H2. The first-order valence-corrected chi connectivity index (χ1v) is 2.05. The molecule has 0 atom stereocenters. The third-order valence-electron chi connectivity index (χ3n) is 0.632. The minimum Gasteiger partial charge on any atom is -0.289 e. The maximum absolute atomic E-state index is 10.0. The molecule has 5 heteroatoms. The Hall–Kier alpha value is -1.20. The molecule has 1 heterocycles. The van der Waals surface area contributed by atoms with Crippen LogP contribution in [0.3, 0.4) is 0 Å². The molecule has 1 radical (unpaired) electrons. The molecule has 0 aliphatic carbocycles. The fourth-order valence-corrected chi connectivity index (χ4v) is 0.356. The molecular weight excluding hydrogens is 124 g/mol. The van der Waals surface area contributed by atoms with Gasteiger partial charge in [0.1, 0.15) is 0 Å². The number of hydrogen-bond donors (Lipinski definition) is 2. The lowest BCUT2D eigenvalue weighted by Gasteiger charge is -1.80. The van der Waals surface area contributed by atoms with Gasteiger partial charge in [-0.2, -0.15) is 5.90 Å². The van der Waals surface area contributed by atoms with Crippen LogP contribution in [0.2, 0.25) is 0 Å². The van der Waals surface area contributed by atoms with Crippen molar-refractivity contribution in [2.24, 2.45) is 5.90 Å². The molecule has 1 rings (SSSR count). The number of hydrogen-bond acceptors (Lipinski definition) is 3. The molecule has 0 aromatic rings. The lowest BCUT2D eigenvalue weighted by molar-refractivity contribution is -0.123. The molecule has 0 saturated heterocycles. The van der Waals surface area contributed by atoms with Crippen LogP contribution in [0.25, 0.3) is 0 Å². The second kappa shape index (κ2) is 3.76. The van der Waals surface area contributed by atoms with E-state index in [9.17, 15) is 9.59 Å². The van der Waals surface area contributed by atoms with Crippen LogP contribution in [-0.4, -0.2) is 11.8 Å². The molecule has 2 amide bonds. The van der Waals surface area contributed by atoms with Gasteiger partial charge >= 0.3 is 0 Å². The van der Waals surface area contributed by atoms with E-state index >= 15 is 0 Å². The van der Waals surface area contributed by atoms with Crippen LogP contribution in [0.1, 0.15) is 0 Å². The Labute approximate surface area is 51.1 Å². The molecule has 0 unspecified atom stereocenters. The molecule has 0 bridgehead atoms. The molecular formula is C4H5N2O3. The van der Waals surface area contributed by atoms with Gasteiger partial charge in [-0.25, -0.2) is 0 Å². The largest absolute Gasteiger partial charge is 0.289 e. The zero-order valence-electron chi connectivity index (χ0n) is 4.46. The van der Waals surface area contributed by atoms with Crippen molar-refractivity contribution in [2.45, 2.75) is 0 Å². The summed E-state index contributed by atoms with van der Waals surface area (Å²) in [5.41, 5.74) is 0. The number of carbonyl (C=O) groups is 2. The fraction of sp³-hybridized carbons (Fsp3) is 0. The summed E-state index contributed by atoms with van der Waals surface area (Å²) in [7, 11) is 0. The average Bonchev–Trinajstić information content (AvgIpc) is 2.20. The third kappa shape index (κ3) is 2.58. The van der Waals surface area contributed by atoms with Gasteiger partial charge < -0.3 is 0 Å². The Morgan fingerprint density at radius 1 is 1.11 bits per heavy atom. The van der Waals surface area contributed by atoms with Crippen LogP contribution in [-0.2, 0) is 14.8 Å². The van der Waals surface area contributed by atoms with E-state index in [0.29, 0.717) is 0 Å². The highest BCUT2D eigenvalue weighted by Crippen LogP contribution is 1.82. The Kier molecular flexibility index (Phi) is 3.26. The normalized spacial score (nSPS) is 14.4. The quantitative estimate of drug-likeness (QED) is 0.307. The molecule has 9 heavy (non-hydrogen) atoms. The van der Waals surface area contributed by atoms with Crippen molar-refractivity contribution in [2.75, 3.05) is 0 Å². The predicted octanol–water partition coefficient (Wildman–Crippen LogP) is -1.51. The highest BCUT2D eigenvalue weighted by atomic mass is 16.4. The molecule has 0 fully saturated rings. The molecule has 0 saturated carbocycles. The van der Waals surface area contributed by atoms with Gasteiger partial charge in [-0.3, -0.25) is 14.9 Å². The van der Waals surface area contributed by atoms with E-state index in [4.69, 9.17) is 5.21 Å². The first-order chi connectivity index (χ1) is 4.29.